The van der Waals surface area contributed by atoms with Gasteiger partial charge in [-0.3, -0.25) is 0 Å². The molecule has 0 amide bonds. The predicted molar refractivity (Wildman–Crippen MR) is 175 cm³/mol. The lowest BCUT2D eigenvalue weighted by molar-refractivity contribution is 0.794. The lowest BCUT2D eigenvalue weighted by atomic mass is 9.70. The molecule has 0 saturated carbocycles. The highest BCUT2D eigenvalue weighted by molar-refractivity contribution is 8.00. The Hall–Kier alpha value is -4.85. The van der Waals surface area contributed by atoms with Gasteiger partial charge in [0.1, 0.15) is 0 Å². The maximum atomic E-state index is 2.39. The van der Waals surface area contributed by atoms with Crippen LogP contribution in [0.1, 0.15) is 22.3 Å². The SMILES string of the molecule is c1ccc2c(c1)-c1ccccc1C21c2ccccc2-c2c(-c3cccc4c3Sc3cccc5cccc-4c35)cccc21. The summed E-state index contributed by atoms with van der Waals surface area (Å²) in [5.74, 6) is 0. The normalized spacial score (nSPS) is 14.3. The summed E-state index contributed by atoms with van der Waals surface area (Å²) in [5, 5.41) is 2.68. The molecule has 0 saturated heterocycles. The molecule has 10 rings (SSSR count). The zero-order valence-corrected chi connectivity index (χ0v) is 23.6. The number of hydrogen-bond donors (Lipinski definition) is 0. The fourth-order valence-electron chi connectivity index (χ4n) is 8.17. The molecule has 1 aliphatic heterocycles. The maximum absolute atomic E-state index is 2.39. The molecule has 0 bridgehead atoms. The second-order valence-electron chi connectivity index (χ2n) is 11.6. The monoisotopic (exact) mass is 548 g/mol. The van der Waals surface area contributed by atoms with Crippen molar-refractivity contribution in [2.24, 2.45) is 0 Å². The van der Waals surface area contributed by atoms with E-state index >= 15 is 0 Å². The quantitative estimate of drug-likeness (QED) is 0.197. The fourth-order valence-corrected chi connectivity index (χ4v) is 9.44. The maximum Gasteiger partial charge on any atom is 0.0725 e. The third-order valence-electron chi connectivity index (χ3n) is 9.70. The summed E-state index contributed by atoms with van der Waals surface area (Å²) in [7, 11) is 0. The molecule has 0 fully saturated rings. The summed E-state index contributed by atoms with van der Waals surface area (Å²) in [4.78, 5) is 2.69. The molecule has 7 aromatic rings. The van der Waals surface area contributed by atoms with Crippen molar-refractivity contribution >= 4 is 22.5 Å². The van der Waals surface area contributed by atoms with E-state index < -0.39 is 0 Å². The summed E-state index contributed by atoms with van der Waals surface area (Å²) >= 11 is 1.92. The molecule has 0 N–H and O–H groups in total. The van der Waals surface area contributed by atoms with Crippen molar-refractivity contribution in [2.45, 2.75) is 15.2 Å². The minimum Gasteiger partial charge on any atom is -0.0881 e. The van der Waals surface area contributed by atoms with Crippen LogP contribution >= 0.6 is 11.8 Å². The lowest BCUT2D eigenvalue weighted by Gasteiger charge is -2.30. The van der Waals surface area contributed by atoms with E-state index in [1.807, 2.05) is 11.8 Å². The zero-order chi connectivity index (χ0) is 27.4. The first-order valence-electron chi connectivity index (χ1n) is 14.6. The highest BCUT2D eigenvalue weighted by Gasteiger charge is 2.52. The van der Waals surface area contributed by atoms with Gasteiger partial charge in [0.05, 0.1) is 5.41 Å². The van der Waals surface area contributed by atoms with Crippen LogP contribution in [0, 0.1) is 0 Å². The average molecular weight is 549 g/mol. The molecule has 0 aromatic heterocycles. The molecule has 2 aliphatic carbocycles. The Bertz CT molecular complexity index is 2240. The summed E-state index contributed by atoms with van der Waals surface area (Å²) < 4.78 is 0. The van der Waals surface area contributed by atoms with Crippen molar-refractivity contribution in [1.82, 2.24) is 0 Å². The molecule has 42 heavy (non-hydrogen) atoms. The number of fused-ring (bicyclic) bond motifs is 12. The molecule has 7 aromatic carbocycles. The van der Waals surface area contributed by atoms with Crippen LogP contribution in [-0.4, -0.2) is 0 Å². The molecular formula is C41H24S. The van der Waals surface area contributed by atoms with Crippen LogP contribution in [-0.2, 0) is 5.41 Å². The minimum atomic E-state index is -0.324. The van der Waals surface area contributed by atoms with Crippen LogP contribution in [0.4, 0.5) is 0 Å². The van der Waals surface area contributed by atoms with E-state index in [1.165, 1.54) is 87.3 Å². The number of hydrogen-bond acceptors (Lipinski definition) is 1. The largest absolute Gasteiger partial charge is 0.0881 e. The smallest absolute Gasteiger partial charge is 0.0725 e. The second-order valence-corrected chi connectivity index (χ2v) is 12.6. The van der Waals surface area contributed by atoms with E-state index in [9.17, 15) is 0 Å². The highest BCUT2D eigenvalue weighted by atomic mass is 32.2. The van der Waals surface area contributed by atoms with Crippen LogP contribution in [0.15, 0.2) is 155 Å². The van der Waals surface area contributed by atoms with Crippen molar-refractivity contribution in [3.8, 4) is 44.5 Å². The van der Waals surface area contributed by atoms with E-state index in [-0.39, 0.29) is 5.41 Å². The van der Waals surface area contributed by atoms with Gasteiger partial charge in [0.15, 0.2) is 0 Å². The van der Waals surface area contributed by atoms with Crippen molar-refractivity contribution in [2.75, 3.05) is 0 Å². The van der Waals surface area contributed by atoms with E-state index in [0.717, 1.165) is 0 Å². The Labute approximate surface area is 249 Å². The Morgan fingerprint density at radius 2 is 0.833 bits per heavy atom. The van der Waals surface area contributed by atoms with E-state index in [1.54, 1.807) is 0 Å². The van der Waals surface area contributed by atoms with Crippen molar-refractivity contribution in [3.63, 3.8) is 0 Å². The molecule has 3 aliphatic rings. The zero-order valence-electron chi connectivity index (χ0n) is 22.8. The molecule has 1 spiro atoms. The Kier molecular flexibility index (Phi) is 4.41. The fraction of sp³-hybridized carbons (Fsp3) is 0.0244. The van der Waals surface area contributed by atoms with Crippen LogP contribution in [0.5, 0.6) is 0 Å². The van der Waals surface area contributed by atoms with Gasteiger partial charge in [0.25, 0.3) is 0 Å². The summed E-state index contributed by atoms with van der Waals surface area (Å²) in [6, 6.07) is 54.5. The van der Waals surface area contributed by atoms with Crippen LogP contribution in [0.2, 0.25) is 0 Å². The number of benzene rings is 7. The minimum absolute atomic E-state index is 0.324. The van der Waals surface area contributed by atoms with Gasteiger partial charge >= 0.3 is 0 Å². The van der Waals surface area contributed by atoms with E-state index in [4.69, 9.17) is 0 Å². The molecule has 0 atom stereocenters. The first-order chi connectivity index (χ1) is 20.9. The molecule has 0 radical (unpaired) electrons. The highest BCUT2D eigenvalue weighted by Crippen LogP contribution is 2.64. The van der Waals surface area contributed by atoms with Gasteiger partial charge in [0.2, 0.25) is 0 Å². The first-order valence-corrected chi connectivity index (χ1v) is 15.4. The molecule has 1 heteroatoms. The standard InChI is InChI=1S/C41H24S/c1-4-20-33-26(13-1)27-14-2-5-21-34(27)41(33)35-22-6-3-15-32(35)39-29(17-10-23-36(39)41)31-19-9-18-30-28-16-7-11-25-12-8-24-37(38(25)28)42-40(30)31/h1-24H. The van der Waals surface area contributed by atoms with Crippen LogP contribution < -0.4 is 0 Å². The van der Waals surface area contributed by atoms with Gasteiger partial charge < -0.3 is 0 Å². The average Bonchev–Trinajstić information content (AvgIpc) is 3.53. The van der Waals surface area contributed by atoms with Gasteiger partial charge in [-0.15, -0.1) is 0 Å². The van der Waals surface area contributed by atoms with Crippen molar-refractivity contribution in [3.05, 3.63) is 168 Å². The van der Waals surface area contributed by atoms with E-state index in [2.05, 4.69) is 146 Å². The molecule has 0 nitrogen and oxygen atoms in total. The van der Waals surface area contributed by atoms with Crippen molar-refractivity contribution in [1.29, 1.82) is 0 Å². The Morgan fingerprint density at radius 3 is 1.57 bits per heavy atom. The third-order valence-corrected chi connectivity index (χ3v) is 10.9. The molecule has 0 unspecified atom stereocenters. The third kappa shape index (κ3) is 2.66. The van der Waals surface area contributed by atoms with Gasteiger partial charge in [-0.2, -0.15) is 0 Å². The van der Waals surface area contributed by atoms with Gasteiger partial charge in [0, 0.05) is 15.2 Å². The predicted octanol–water partition coefficient (Wildman–Crippen LogP) is 11.0. The Balaban J connectivity index is 1.31. The van der Waals surface area contributed by atoms with Gasteiger partial charge in [-0.1, -0.05) is 151 Å². The Morgan fingerprint density at radius 1 is 0.357 bits per heavy atom. The first kappa shape index (κ1) is 22.8. The summed E-state index contributed by atoms with van der Waals surface area (Å²) in [6.45, 7) is 0. The van der Waals surface area contributed by atoms with Gasteiger partial charge in [-0.25, -0.2) is 0 Å². The summed E-state index contributed by atoms with van der Waals surface area (Å²) in [6.07, 6.45) is 0. The molecule has 1 heterocycles. The number of rotatable bonds is 1. The molecular weight excluding hydrogens is 525 g/mol. The second kappa shape index (κ2) is 8.12. The van der Waals surface area contributed by atoms with Gasteiger partial charge in [-0.05, 0) is 78.2 Å². The molecule has 194 valence electrons. The topological polar surface area (TPSA) is 0 Å². The van der Waals surface area contributed by atoms with Crippen LogP contribution in [0.3, 0.4) is 0 Å². The van der Waals surface area contributed by atoms with E-state index in [0.29, 0.717) is 0 Å². The van der Waals surface area contributed by atoms with Crippen LogP contribution in [0.25, 0.3) is 55.3 Å². The van der Waals surface area contributed by atoms with Crippen molar-refractivity contribution < 1.29 is 0 Å². The lowest BCUT2D eigenvalue weighted by Crippen LogP contribution is -2.25. The summed E-state index contributed by atoms with van der Waals surface area (Å²) in [5.41, 5.74) is 15.9.